The molecule has 104 valence electrons. The number of morpholine rings is 1. The van der Waals surface area contributed by atoms with E-state index in [0.29, 0.717) is 17.8 Å². The zero-order valence-electron chi connectivity index (χ0n) is 11.2. The number of fused-ring (bicyclic) bond motifs is 1. The molecular formula is C15H22N2O2. The summed E-state index contributed by atoms with van der Waals surface area (Å²) in [6, 6.07) is 6.07. The summed E-state index contributed by atoms with van der Waals surface area (Å²) < 4.78 is 5.89. The lowest BCUT2D eigenvalue weighted by atomic mass is 9.90. The smallest absolute Gasteiger partial charge is 0.138 e. The van der Waals surface area contributed by atoms with Crippen LogP contribution in [0.25, 0.3) is 0 Å². The average Bonchev–Trinajstić information content (AvgIpc) is 2.43. The topological polar surface area (TPSA) is 58.7 Å². The van der Waals surface area contributed by atoms with E-state index < -0.39 is 0 Å². The van der Waals surface area contributed by atoms with Crippen molar-refractivity contribution in [2.24, 2.45) is 0 Å². The van der Waals surface area contributed by atoms with Crippen molar-refractivity contribution in [3.05, 3.63) is 23.8 Å². The monoisotopic (exact) mass is 262 g/mol. The summed E-state index contributed by atoms with van der Waals surface area (Å²) in [7, 11) is 0. The Balaban J connectivity index is 1.72. The lowest BCUT2D eigenvalue weighted by Gasteiger charge is -2.43. The zero-order valence-corrected chi connectivity index (χ0v) is 11.2. The van der Waals surface area contributed by atoms with Gasteiger partial charge in [-0.2, -0.15) is 0 Å². The fourth-order valence-electron chi connectivity index (χ4n) is 3.31. The van der Waals surface area contributed by atoms with Crippen LogP contribution in [0, 0.1) is 0 Å². The number of ether oxygens (including phenoxy) is 1. The number of anilines is 1. The molecule has 2 fully saturated rings. The maximum atomic E-state index is 9.48. The number of nitrogens with zero attached hydrogens (tertiary/aromatic N) is 1. The first-order chi connectivity index (χ1) is 9.24. The molecule has 2 aliphatic rings. The summed E-state index contributed by atoms with van der Waals surface area (Å²) in [5.41, 5.74) is 7.40. The van der Waals surface area contributed by atoms with Crippen molar-refractivity contribution in [1.82, 2.24) is 4.90 Å². The van der Waals surface area contributed by atoms with Gasteiger partial charge >= 0.3 is 0 Å². The molecule has 0 amide bonds. The summed E-state index contributed by atoms with van der Waals surface area (Å²) >= 11 is 0. The normalized spacial score (nSPS) is 28.0. The van der Waals surface area contributed by atoms with Gasteiger partial charge in [-0.05, 0) is 30.5 Å². The molecular weight excluding hydrogens is 240 g/mol. The standard InChI is InChI=1S/C15H22N2O2/c16-12-9-11(5-6-14(12)18)10-17-7-8-19-15-4-2-1-3-13(15)17/h5-6,9,13,15,18H,1-4,7-8,10,16H2. The Kier molecular flexibility index (Phi) is 3.62. The summed E-state index contributed by atoms with van der Waals surface area (Å²) in [5, 5.41) is 9.48. The van der Waals surface area contributed by atoms with E-state index in [9.17, 15) is 5.11 Å². The van der Waals surface area contributed by atoms with E-state index in [1.807, 2.05) is 12.1 Å². The van der Waals surface area contributed by atoms with Gasteiger partial charge in [0.05, 0.1) is 18.4 Å². The van der Waals surface area contributed by atoms with E-state index >= 15 is 0 Å². The largest absolute Gasteiger partial charge is 0.506 e. The predicted octanol–water partition coefficient (Wildman–Crippen LogP) is 2.12. The molecule has 1 heterocycles. The van der Waals surface area contributed by atoms with Crippen LogP contribution < -0.4 is 5.73 Å². The number of nitrogens with two attached hydrogens (primary N) is 1. The van der Waals surface area contributed by atoms with Crippen LogP contribution in [0.4, 0.5) is 5.69 Å². The van der Waals surface area contributed by atoms with Gasteiger partial charge in [-0.1, -0.05) is 18.9 Å². The van der Waals surface area contributed by atoms with E-state index in [1.54, 1.807) is 6.07 Å². The summed E-state index contributed by atoms with van der Waals surface area (Å²) in [4.78, 5) is 2.51. The number of hydrogen-bond acceptors (Lipinski definition) is 4. The highest BCUT2D eigenvalue weighted by Crippen LogP contribution is 2.30. The maximum Gasteiger partial charge on any atom is 0.138 e. The van der Waals surface area contributed by atoms with Crippen LogP contribution in [0.3, 0.4) is 0 Å². The second-order valence-corrected chi connectivity index (χ2v) is 5.62. The molecule has 0 aromatic heterocycles. The Labute approximate surface area is 114 Å². The molecule has 3 N–H and O–H groups in total. The Morgan fingerprint density at radius 1 is 1.32 bits per heavy atom. The van der Waals surface area contributed by atoms with E-state index in [4.69, 9.17) is 10.5 Å². The average molecular weight is 262 g/mol. The van der Waals surface area contributed by atoms with Gasteiger partial charge in [-0.25, -0.2) is 0 Å². The van der Waals surface area contributed by atoms with E-state index in [2.05, 4.69) is 4.90 Å². The quantitative estimate of drug-likeness (QED) is 0.633. The van der Waals surface area contributed by atoms with Crippen LogP contribution in [0.15, 0.2) is 18.2 Å². The third-order valence-electron chi connectivity index (χ3n) is 4.32. The number of phenolic OH excluding ortho intramolecular Hbond substituents is 1. The van der Waals surface area contributed by atoms with Crippen LogP contribution in [0.2, 0.25) is 0 Å². The molecule has 1 aromatic carbocycles. The van der Waals surface area contributed by atoms with Crippen molar-refractivity contribution >= 4 is 5.69 Å². The lowest BCUT2D eigenvalue weighted by molar-refractivity contribution is -0.0911. The minimum Gasteiger partial charge on any atom is -0.506 e. The van der Waals surface area contributed by atoms with Gasteiger partial charge in [0.25, 0.3) is 0 Å². The first-order valence-corrected chi connectivity index (χ1v) is 7.17. The number of benzene rings is 1. The molecule has 19 heavy (non-hydrogen) atoms. The Morgan fingerprint density at radius 2 is 2.16 bits per heavy atom. The van der Waals surface area contributed by atoms with Gasteiger partial charge < -0.3 is 15.6 Å². The Morgan fingerprint density at radius 3 is 3.00 bits per heavy atom. The molecule has 4 nitrogen and oxygen atoms in total. The van der Waals surface area contributed by atoms with Gasteiger partial charge in [0.2, 0.25) is 0 Å². The molecule has 2 atom stereocenters. The van der Waals surface area contributed by atoms with Crippen molar-refractivity contribution in [3.8, 4) is 5.75 Å². The van der Waals surface area contributed by atoms with Crippen LogP contribution in [0.1, 0.15) is 31.2 Å². The molecule has 1 aromatic rings. The molecule has 1 aliphatic heterocycles. The van der Waals surface area contributed by atoms with Crippen LogP contribution in [-0.4, -0.2) is 35.3 Å². The SMILES string of the molecule is Nc1cc(CN2CCOC3CCCCC32)ccc1O. The number of phenols is 1. The Bertz CT molecular complexity index is 448. The van der Waals surface area contributed by atoms with Crippen molar-refractivity contribution in [1.29, 1.82) is 0 Å². The van der Waals surface area contributed by atoms with Gasteiger partial charge in [-0.15, -0.1) is 0 Å². The van der Waals surface area contributed by atoms with Gasteiger partial charge in [0.15, 0.2) is 0 Å². The summed E-state index contributed by atoms with van der Waals surface area (Å²) in [6.07, 6.45) is 5.44. The minimum atomic E-state index is 0.168. The third-order valence-corrected chi connectivity index (χ3v) is 4.32. The summed E-state index contributed by atoms with van der Waals surface area (Å²) in [5.74, 6) is 0.168. The van der Waals surface area contributed by atoms with E-state index in [0.717, 1.165) is 19.7 Å². The van der Waals surface area contributed by atoms with Crippen molar-refractivity contribution in [2.75, 3.05) is 18.9 Å². The molecule has 0 radical (unpaired) electrons. The van der Waals surface area contributed by atoms with Crippen LogP contribution >= 0.6 is 0 Å². The zero-order chi connectivity index (χ0) is 13.2. The number of rotatable bonds is 2. The second-order valence-electron chi connectivity index (χ2n) is 5.62. The number of aromatic hydroxyl groups is 1. The number of nitrogen functional groups attached to an aromatic ring is 1. The Hall–Kier alpha value is -1.26. The van der Waals surface area contributed by atoms with E-state index in [-0.39, 0.29) is 5.75 Å². The fraction of sp³-hybridized carbons (Fsp3) is 0.600. The fourth-order valence-corrected chi connectivity index (χ4v) is 3.31. The van der Waals surface area contributed by atoms with Crippen molar-refractivity contribution in [2.45, 2.75) is 44.4 Å². The minimum absolute atomic E-state index is 0.168. The van der Waals surface area contributed by atoms with Crippen LogP contribution in [0.5, 0.6) is 5.75 Å². The number of hydrogen-bond donors (Lipinski definition) is 2. The highest BCUT2D eigenvalue weighted by molar-refractivity contribution is 5.53. The van der Waals surface area contributed by atoms with E-state index in [1.165, 1.54) is 31.2 Å². The van der Waals surface area contributed by atoms with Crippen molar-refractivity contribution < 1.29 is 9.84 Å². The van der Waals surface area contributed by atoms with Crippen molar-refractivity contribution in [3.63, 3.8) is 0 Å². The second kappa shape index (κ2) is 5.39. The highest BCUT2D eigenvalue weighted by Gasteiger charge is 2.33. The molecule has 0 bridgehead atoms. The maximum absolute atomic E-state index is 9.48. The molecule has 1 saturated carbocycles. The molecule has 4 heteroatoms. The molecule has 1 aliphatic carbocycles. The highest BCUT2D eigenvalue weighted by atomic mass is 16.5. The van der Waals surface area contributed by atoms with Gasteiger partial charge in [0.1, 0.15) is 5.75 Å². The molecule has 0 spiro atoms. The molecule has 3 rings (SSSR count). The first kappa shape index (κ1) is 12.8. The molecule has 2 unspecified atom stereocenters. The predicted molar refractivity (Wildman–Crippen MR) is 74.9 cm³/mol. The van der Waals surface area contributed by atoms with Crippen LogP contribution in [-0.2, 0) is 11.3 Å². The third kappa shape index (κ3) is 2.69. The first-order valence-electron chi connectivity index (χ1n) is 7.17. The molecule has 1 saturated heterocycles. The summed E-state index contributed by atoms with van der Waals surface area (Å²) in [6.45, 7) is 2.71. The van der Waals surface area contributed by atoms with Gasteiger partial charge in [-0.3, -0.25) is 4.90 Å². The lowest BCUT2D eigenvalue weighted by Crippen LogP contribution is -2.52. The van der Waals surface area contributed by atoms with Gasteiger partial charge in [0, 0.05) is 19.1 Å².